The molecule has 0 aliphatic carbocycles. The van der Waals surface area contributed by atoms with E-state index in [2.05, 4.69) is 10.6 Å². The van der Waals surface area contributed by atoms with Gasteiger partial charge in [0, 0.05) is 37.0 Å². The standard InChI is InChI=1S/C37H27Cl2N3O3S/c1-23(37(45)42-33-16-7-5-14-29(33)30-15-6-8-17-34(30)42)46-28-13-9-12-27(22-28)40-36(44)32(20-25-18-19-26(38)21-31(25)39)41-35(43)24-10-3-2-4-11-24/h2-23H,1H3,(H,40,44)(H,41,43)/b32-20+. The highest BCUT2D eigenvalue weighted by Gasteiger charge is 2.22. The van der Waals surface area contributed by atoms with Gasteiger partial charge in [0.1, 0.15) is 5.70 Å². The maximum absolute atomic E-state index is 13.8. The number of hydrogen-bond acceptors (Lipinski definition) is 4. The molecule has 5 aromatic carbocycles. The van der Waals surface area contributed by atoms with Gasteiger partial charge in [0.2, 0.25) is 5.91 Å². The minimum absolute atomic E-state index is 0.00829. The Bertz CT molecular complexity index is 2090. The molecule has 1 unspecified atom stereocenters. The Morgan fingerprint density at radius 1 is 0.761 bits per heavy atom. The Kier molecular flexibility index (Phi) is 9.26. The summed E-state index contributed by atoms with van der Waals surface area (Å²) in [6.45, 7) is 1.87. The van der Waals surface area contributed by atoms with Crippen LogP contribution in [0.25, 0.3) is 27.9 Å². The minimum atomic E-state index is -0.549. The fraction of sp³-hybridized carbons (Fsp3) is 0.0541. The molecule has 1 aromatic heterocycles. The zero-order valence-electron chi connectivity index (χ0n) is 24.5. The largest absolute Gasteiger partial charge is 0.321 e. The van der Waals surface area contributed by atoms with Crippen molar-refractivity contribution >= 4 is 86.3 Å². The van der Waals surface area contributed by atoms with Crippen LogP contribution in [0.5, 0.6) is 0 Å². The number of amides is 2. The van der Waals surface area contributed by atoms with Gasteiger partial charge in [0.05, 0.1) is 16.3 Å². The SMILES string of the molecule is CC(Sc1cccc(NC(=O)/C(=C\c2ccc(Cl)cc2Cl)NC(=O)c2ccccc2)c1)C(=O)n1c2ccccc2c2ccccc21. The van der Waals surface area contributed by atoms with E-state index in [9.17, 15) is 14.4 Å². The van der Waals surface area contributed by atoms with Crippen molar-refractivity contribution in [2.45, 2.75) is 17.1 Å². The van der Waals surface area contributed by atoms with Crippen LogP contribution in [-0.2, 0) is 4.79 Å². The molecule has 0 aliphatic rings. The summed E-state index contributed by atoms with van der Waals surface area (Å²) >= 11 is 13.8. The first kappa shape index (κ1) is 31.2. The number of fused-ring (bicyclic) bond motifs is 3. The smallest absolute Gasteiger partial charge is 0.272 e. The van der Waals surface area contributed by atoms with Crippen molar-refractivity contribution in [1.29, 1.82) is 0 Å². The van der Waals surface area contributed by atoms with Crippen molar-refractivity contribution < 1.29 is 14.4 Å². The predicted octanol–water partition coefficient (Wildman–Crippen LogP) is 9.33. The van der Waals surface area contributed by atoms with Crippen LogP contribution in [0.4, 0.5) is 5.69 Å². The molecule has 6 rings (SSSR count). The van der Waals surface area contributed by atoms with E-state index in [1.165, 1.54) is 17.8 Å². The molecule has 0 radical (unpaired) electrons. The fourth-order valence-electron chi connectivity index (χ4n) is 5.16. The van der Waals surface area contributed by atoms with E-state index in [-0.39, 0.29) is 11.6 Å². The number of benzene rings is 5. The molecule has 0 saturated carbocycles. The molecule has 1 heterocycles. The van der Waals surface area contributed by atoms with Crippen molar-refractivity contribution in [2.75, 3.05) is 5.32 Å². The number of thioether (sulfide) groups is 1. The van der Waals surface area contributed by atoms with E-state index in [1.54, 1.807) is 71.3 Å². The van der Waals surface area contributed by atoms with Gasteiger partial charge in [-0.1, -0.05) is 89.9 Å². The van der Waals surface area contributed by atoms with E-state index < -0.39 is 17.1 Å². The van der Waals surface area contributed by atoms with Crippen LogP contribution in [0.15, 0.2) is 132 Å². The van der Waals surface area contributed by atoms with Crippen molar-refractivity contribution in [3.05, 3.63) is 148 Å². The Hall–Kier alpha value is -4.82. The van der Waals surface area contributed by atoms with Gasteiger partial charge in [0.25, 0.3) is 11.8 Å². The lowest BCUT2D eigenvalue weighted by Gasteiger charge is -2.15. The number of anilines is 1. The molecular weight excluding hydrogens is 637 g/mol. The van der Waals surface area contributed by atoms with Gasteiger partial charge in [-0.3, -0.25) is 19.0 Å². The molecule has 6 nitrogen and oxygen atoms in total. The van der Waals surface area contributed by atoms with E-state index in [1.807, 2.05) is 61.5 Å². The minimum Gasteiger partial charge on any atom is -0.321 e. The molecule has 0 fully saturated rings. The molecular formula is C37H27Cl2N3O3S. The predicted molar refractivity (Wildman–Crippen MR) is 189 cm³/mol. The molecule has 0 bridgehead atoms. The van der Waals surface area contributed by atoms with Crippen molar-refractivity contribution in [3.8, 4) is 0 Å². The van der Waals surface area contributed by atoms with E-state index in [4.69, 9.17) is 23.2 Å². The number of halogens is 2. The fourth-order valence-corrected chi connectivity index (χ4v) is 6.59. The average molecular weight is 665 g/mol. The summed E-state index contributed by atoms with van der Waals surface area (Å²) in [5, 5.41) is 7.98. The number of carbonyl (C=O) groups is 3. The lowest BCUT2D eigenvalue weighted by atomic mass is 10.1. The summed E-state index contributed by atoms with van der Waals surface area (Å²) in [6, 6.07) is 36.5. The summed E-state index contributed by atoms with van der Waals surface area (Å²) in [5.41, 5.74) is 3.11. The Balaban J connectivity index is 1.23. The maximum Gasteiger partial charge on any atom is 0.272 e. The first-order valence-corrected chi connectivity index (χ1v) is 16.1. The maximum atomic E-state index is 13.8. The number of carbonyl (C=O) groups excluding carboxylic acids is 3. The molecule has 0 saturated heterocycles. The van der Waals surface area contributed by atoms with Gasteiger partial charge >= 0.3 is 0 Å². The highest BCUT2D eigenvalue weighted by molar-refractivity contribution is 8.00. The summed E-state index contributed by atoms with van der Waals surface area (Å²) in [6.07, 6.45) is 1.50. The lowest BCUT2D eigenvalue weighted by Crippen LogP contribution is -2.30. The van der Waals surface area contributed by atoms with Crippen molar-refractivity contribution in [3.63, 3.8) is 0 Å². The highest BCUT2D eigenvalue weighted by Crippen LogP contribution is 2.32. The number of hydrogen-bond donors (Lipinski definition) is 2. The molecule has 228 valence electrons. The molecule has 1 atom stereocenters. The van der Waals surface area contributed by atoms with Crippen LogP contribution >= 0.6 is 35.0 Å². The third-order valence-electron chi connectivity index (χ3n) is 7.34. The van der Waals surface area contributed by atoms with E-state index in [0.717, 1.165) is 26.7 Å². The van der Waals surface area contributed by atoms with Crippen LogP contribution < -0.4 is 10.6 Å². The Morgan fingerprint density at radius 3 is 2.09 bits per heavy atom. The first-order valence-electron chi connectivity index (χ1n) is 14.4. The summed E-state index contributed by atoms with van der Waals surface area (Å²) < 4.78 is 1.78. The monoisotopic (exact) mass is 663 g/mol. The highest BCUT2D eigenvalue weighted by atomic mass is 35.5. The van der Waals surface area contributed by atoms with E-state index >= 15 is 0 Å². The number of para-hydroxylation sites is 2. The summed E-state index contributed by atoms with van der Waals surface area (Å²) in [5.74, 6) is -1.05. The average Bonchev–Trinajstić information content (AvgIpc) is 3.40. The normalized spacial score (nSPS) is 12.2. The zero-order valence-corrected chi connectivity index (χ0v) is 26.9. The van der Waals surface area contributed by atoms with Crippen LogP contribution in [0, 0.1) is 0 Å². The third kappa shape index (κ3) is 6.72. The molecule has 0 aliphatic heterocycles. The van der Waals surface area contributed by atoms with Crippen LogP contribution in [0.3, 0.4) is 0 Å². The zero-order chi connectivity index (χ0) is 32.2. The molecule has 0 spiro atoms. The first-order chi connectivity index (χ1) is 22.3. The number of nitrogens with one attached hydrogen (secondary N) is 2. The quantitative estimate of drug-likeness (QED) is 0.126. The Morgan fingerprint density at radius 2 is 1.41 bits per heavy atom. The summed E-state index contributed by atoms with van der Waals surface area (Å²) in [4.78, 5) is 41.2. The molecule has 9 heteroatoms. The second-order valence-corrected chi connectivity index (χ2v) is 12.8. The van der Waals surface area contributed by atoms with Gasteiger partial charge in [-0.25, -0.2) is 0 Å². The number of nitrogens with zero attached hydrogens (tertiary/aromatic N) is 1. The van der Waals surface area contributed by atoms with E-state index in [0.29, 0.717) is 26.9 Å². The van der Waals surface area contributed by atoms with Gasteiger partial charge < -0.3 is 10.6 Å². The molecule has 6 aromatic rings. The van der Waals surface area contributed by atoms with Crippen molar-refractivity contribution in [1.82, 2.24) is 9.88 Å². The van der Waals surface area contributed by atoms with Gasteiger partial charge in [0.15, 0.2) is 0 Å². The van der Waals surface area contributed by atoms with Crippen LogP contribution in [0.1, 0.15) is 27.6 Å². The Labute approximate surface area is 280 Å². The number of rotatable bonds is 8. The molecule has 2 amide bonds. The summed E-state index contributed by atoms with van der Waals surface area (Å²) in [7, 11) is 0. The second kappa shape index (κ2) is 13.7. The molecule has 2 N–H and O–H groups in total. The molecule has 46 heavy (non-hydrogen) atoms. The topological polar surface area (TPSA) is 80.2 Å². The third-order valence-corrected chi connectivity index (χ3v) is 8.99. The van der Waals surface area contributed by atoms with Gasteiger partial charge in [-0.2, -0.15) is 0 Å². The van der Waals surface area contributed by atoms with Gasteiger partial charge in [-0.05, 0) is 73.2 Å². The van der Waals surface area contributed by atoms with Crippen molar-refractivity contribution in [2.24, 2.45) is 0 Å². The van der Waals surface area contributed by atoms with Crippen LogP contribution in [-0.4, -0.2) is 27.5 Å². The number of aromatic nitrogens is 1. The lowest BCUT2D eigenvalue weighted by molar-refractivity contribution is -0.113. The van der Waals surface area contributed by atoms with Gasteiger partial charge in [-0.15, -0.1) is 11.8 Å². The second-order valence-electron chi connectivity index (χ2n) is 10.5. The van der Waals surface area contributed by atoms with Crippen LogP contribution in [0.2, 0.25) is 10.0 Å².